The molecule has 0 fully saturated rings. The average Bonchev–Trinajstić information content (AvgIpc) is 2.41. The van der Waals surface area contributed by atoms with Crippen LogP contribution in [0.4, 0.5) is 0 Å². The summed E-state index contributed by atoms with van der Waals surface area (Å²) in [4.78, 5) is 11.8. The van der Waals surface area contributed by atoms with Crippen LogP contribution in [0.5, 0.6) is 0 Å². The highest BCUT2D eigenvalue weighted by Gasteiger charge is 2.17. The van der Waals surface area contributed by atoms with Gasteiger partial charge in [0.05, 0.1) is 11.4 Å². The molecule has 1 aromatic carbocycles. The fourth-order valence-corrected chi connectivity index (χ4v) is 3.21. The van der Waals surface area contributed by atoms with Crippen LogP contribution in [0.2, 0.25) is 0 Å². The number of rotatable bonds is 8. The topological polar surface area (TPSA) is 75.3 Å². The molecule has 0 spiro atoms. The van der Waals surface area contributed by atoms with Gasteiger partial charge >= 0.3 is 0 Å². The Morgan fingerprint density at radius 3 is 2.52 bits per heavy atom. The average molecular weight is 312 g/mol. The van der Waals surface area contributed by atoms with E-state index in [0.29, 0.717) is 12.1 Å². The van der Waals surface area contributed by atoms with Crippen molar-refractivity contribution in [1.82, 2.24) is 10.0 Å². The van der Waals surface area contributed by atoms with Crippen molar-refractivity contribution in [3.8, 4) is 0 Å². The van der Waals surface area contributed by atoms with Crippen LogP contribution in [0.1, 0.15) is 37.3 Å². The number of carbonyl (C=O) groups excluding carboxylic acids is 1. The van der Waals surface area contributed by atoms with E-state index in [-0.39, 0.29) is 17.3 Å². The molecule has 0 aliphatic carbocycles. The lowest BCUT2D eigenvalue weighted by Gasteiger charge is -2.10. The Morgan fingerprint density at radius 1 is 1.19 bits per heavy atom. The molecule has 0 unspecified atom stereocenters. The largest absolute Gasteiger partial charge is 0.355 e. The molecule has 1 rings (SSSR count). The number of nitrogens with one attached hydrogen (secondary N) is 2. The van der Waals surface area contributed by atoms with Gasteiger partial charge in [-0.05, 0) is 31.9 Å². The molecule has 0 heterocycles. The molecule has 6 heteroatoms. The van der Waals surface area contributed by atoms with Crippen LogP contribution >= 0.6 is 0 Å². The number of carbonyl (C=O) groups is 1. The van der Waals surface area contributed by atoms with Crippen LogP contribution in [0.15, 0.2) is 23.1 Å². The molecule has 2 N–H and O–H groups in total. The Balaban J connectivity index is 2.55. The third-order valence-electron chi connectivity index (χ3n) is 3.15. The highest BCUT2D eigenvalue weighted by atomic mass is 32.2. The second-order valence-electron chi connectivity index (χ2n) is 5.15. The van der Waals surface area contributed by atoms with Gasteiger partial charge in [0.2, 0.25) is 15.9 Å². The van der Waals surface area contributed by atoms with Gasteiger partial charge in [-0.2, -0.15) is 0 Å². The molecule has 1 aromatic rings. The van der Waals surface area contributed by atoms with E-state index in [4.69, 9.17) is 0 Å². The molecular weight excluding hydrogens is 288 g/mol. The van der Waals surface area contributed by atoms with Gasteiger partial charge in [-0.1, -0.05) is 37.5 Å². The molecule has 0 aromatic heterocycles. The van der Waals surface area contributed by atoms with E-state index in [1.165, 1.54) is 0 Å². The quantitative estimate of drug-likeness (QED) is 0.720. The Kier molecular flexibility index (Phi) is 6.84. The van der Waals surface area contributed by atoms with E-state index in [1.54, 1.807) is 25.1 Å². The summed E-state index contributed by atoms with van der Waals surface area (Å²) in [5.41, 5.74) is 1.67. The molecule has 0 atom stereocenters. The van der Waals surface area contributed by atoms with Gasteiger partial charge in [0.1, 0.15) is 0 Å². The highest BCUT2D eigenvalue weighted by molar-refractivity contribution is 7.89. The highest BCUT2D eigenvalue weighted by Crippen LogP contribution is 2.15. The van der Waals surface area contributed by atoms with E-state index < -0.39 is 10.0 Å². The number of hydrogen-bond acceptors (Lipinski definition) is 3. The number of hydrogen-bond donors (Lipinski definition) is 2. The second-order valence-corrected chi connectivity index (χ2v) is 6.89. The van der Waals surface area contributed by atoms with Crippen molar-refractivity contribution in [3.05, 3.63) is 29.3 Å². The first kappa shape index (κ1) is 17.7. The van der Waals surface area contributed by atoms with Crippen molar-refractivity contribution >= 4 is 15.9 Å². The first-order chi connectivity index (χ1) is 9.86. The van der Waals surface area contributed by atoms with Gasteiger partial charge in [-0.15, -0.1) is 0 Å². The monoisotopic (exact) mass is 312 g/mol. The molecule has 0 radical (unpaired) electrons. The molecular formula is C15H24N2O3S. The zero-order chi connectivity index (χ0) is 15.9. The van der Waals surface area contributed by atoms with Crippen LogP contribution in [-0.2, 0) is 14.8 Å². The maximum atomic E-state index is 12.2. The van der Waals surface area contributed by atoms with Crippen LogP contribution in [0, 0.1) is 13.8 Å². The van der Waals surface area contributed by atoms with Crippen molar-refractivity contribution in [2.75, 3.05) is 13.1 Å². The third-order valence-corrected chi connectivity index (χ3v) is 4.71. The van der Waals surface area contributed by atoms with Crippen molar-refractivity contribution in [2.45, 2.75) is 44.9 Å². The second kappa shape index (κ2) is 8.14. The first-order valence-corrected chi connectivity index (χ1v) is 8.68. The maximum Gasteiger partial charge on any atom is 0.241 e. The standard InChI is InChI=1S/C15H24N2O3S/c1-4-5-6-9-16-15(18)11-17-21(19,20)14-8-7-12(2)10-13(14)3/h7-8,10,17H,4-6,9,11H2,1-3H3,(H,16,18). The van der Waals surface area contributed by atoms with Gasteiger partial charge < -0.3 is 5.32 Å². The molecule has 0 aliphatic rings. The summed E-state index contributed by atoms with van der Waals surface area (Å²) in [5, 5.41) is 2.70. The lowest BCUT2D eigenvalue weighted by atomic mass is 10.2. The summed E-state index contributed by atoms with van der Waals surface area (Å²) in [5.74, 6) is -0.306. The van der Waals surface area contributed by atoms with E-state index >= 15 is 0 Å². The minimum Gasteiger partial charge on any atom is -0.355 e. The SMILES string of the molecule is CCCCCNC(=O)CNS(=O)(=O)c1ccc(C)cc1C. The van der Waals surface area contributed by atoms with E-state index in [1.807, 2.05) is 6.92 Å². The Morgan fingerprint density at radius 2 is 1.90 bits per heavy atom. The number of benzene rings is 1. The van der Waals surface area contributed by atoms with Crippen LogP contribution < -0.4 is 10.0 Å². The van der Waals surface area contributed by atoms with E-state index in [2.05, 4.69) is 17.0 Å². The lowest BCUT2D eigenvalue weighted by Crippen LogP contribution is -2.37. The van der Waals surface area contributed by atoms with Crippen molar-refractivity contribution in [1.29, 1.82) is 0 Å². The summed E-state index contributed by atoms with van der Waals surface area (Å²) >= 11 is 0. The maximum absolute atomic E-state index is 12.2. The van der Waals surface area contributed by atoms with Crippen molar-refractivity contribution < 1.29 is 13.2 Å². The number of amides is 1. The molecule has 1 amide bonds. The third kappa shape index (κ3) is 5.85. The van der Waals surface area contributed by atoms with Gasteiger partial charge in [-0.25, -0.2) is 13.1 Å². The predicted molar refractivity (Wildman–Crippen MR) is 83.6 cm³/mol. The molecule has 0 saturated carbocycles. The molecule has 0 bridgehead atoms. The molecule has 0 aliphatic heterocycles. The number of unbranched alkanes of at least 4 members (excludes halogenated alkanes) is 2. The minimum atomic E-state index is -3.65. The van der Waals surface area contributed by atoms with Crippen LogP contribution in [0.3, 0.4) is 0 Å². The Labute approximate surface area is 127 Å². The van der Waals surface area contributed by atoms with Gasteiger partial charge in [-0.3, -0.25) is 4.79 Å². The fraction of sp³-hybridized carbons (Fsp3) is 0.533. The van der Waals surface area contributed by atoms with Gasteiger partial charge in [0.15, 0.2) is 0 Å². The molecule has 0 saturated heterocycles. The Bertz CT molecular complexity index is 583. The lowest BCUT2D eigenvalue weighted by molar-refractivity contribution is -0.119. The molecule has 5 nitrogen and oxygen atoms in total. The zero-order valence-electron chi connectivity index (χ0n) is 12.9. The molecule has 118 valence electrons. The van der Waals surface area contributed by atoms with E-state index in [0.717, 1.165) is 24.8 Å². The summed E-state index contributed by atoms with van der Waals surface area (Å²) < 4.78 is 26.6. The summed E-state index contributed by atoms with van der Waals surface area (Å²) in [6.45, 7) is 6.08. The normalized spacial score (nSPS) is 11.4. The zero-order valence-corrected chi connectivity index (χ0v) is 13.7. The van der Waals surface area contributed by atoms with Gasteiger partial charge in [0, 0.05) is 6.54 Å². The number of aryl methyl sites for hydroxylation is 2. The summed E-state index contributed by atoms with van der Waals surface area (Å²) in [6.07, 6.45) is 3.04. The van der Waals surface area contributed by atoms with E-state index in [9.17, 15) is 13.2 Å². The predicted octanol–water partition coefficient (Wildman–Crippen LogP) is 1.89. The Hall–Kier alpha value is -1.40. The summed E-state index contributed by atoms with van der Waals surface area (Å²) in [7, 11) is -3.65. The van der Waals surface area contributed by atoms with Crippen molar-refractivity contribution in [3.63, 3.8) is 0 Å². The fourth-order valence-electron chi connectivity index (χ4n) is 2.00. The summed E-state index contributed by atoms with van der Waals surface area (Å²) in [6, 6.07) is 5.11. The first-order valence-electron chi connectivity index (χ1n) is 7.20. The van der Waals surface area contributed by atoms with Crippen LogP contribution in [-0.4, -0.2) is 27.4 Å². The van der Waals surface area contributed by atoms with Crippen molar-refractivity contribution in [2.24, 2.45) is 0 Å². The van der Waals surface area contributed by atoms with Crippen LogP contribution in [0.25, 0.3) is 0 Å². The van der Waals surface area contributed by atoms with Gasteiger partial charge in [0.25, 0.3) is 0 Å². The number of sulfonamides is 1. The minimum absolute atomic E-state index is 0.215. The molecule has 21 heavy (non-hydrogen) atoms. The smallest absolute Gasteiger partial charge is 0.241 e.